The number of ether oxygens (including phenoxy) is 1. The van der Waals surface area contributed by atoms with Crippen molar-refractivity contribution < 1.29 is 9.53 Å². The topological polar surface area (TPSA) is 52.1 Å². The Bertz CT molecular complexity index is 375. The molecule has 0 radical (unpaired) electrons. The quantitative estimate of drug-likeness (QED) is 0.759. The molecule has 1 aliphatic rings. The SMILES string of the molecule is COc1cc(CC(=O)CC2CCC2)ncn1. The number of ketones is 1. The van der Waals surface area contributed by atoms with Gasteiger partial charge in [0.05, 0.1) is 12.8 Å². The molecule has 0 aliphatic heterocycles. The van der Waals surface area contributed by atoms with Crippen LogP contribution in [0.3, 0.4) is 0 Å². The van der Waals surface area contributed by atoms with Crippen molar-refractivity contribution in [3.8, 4) is 5.88 Å². The monoisotopic (exact) mass is 220 g/mol. The fourth-order valence-corrected chi connectivity index (χ4v) is 1.88. The van der Waals surface area contributed by atoms with Crippen molar-refractivity contribution >= 4 is 5.78 Å². The van der Waals surface area contributed by atoms with E-state index in [9.17, 15) is 4.79 Å². The molecular formula is C12H16N2O2. The van der Waals surface area contributed by atoms with E-state index in [0.29, 0.717) is 24.6 Å². The third-order valence-electron chi connectivity index (χ3n) is 3.03. The zero-order valence-electron chi connectivity index (χ0n) is 9.48. The van der Waals surface area contributed by atoms with Gasteiger partial charge in [-0.25, -0.2) is 9.97 Å². The number of nitrogens with zero attached hydrogens (tertiary/aromatic N) is 2. The van der Waals surface area contributed by atoms with Gasteiger partial charge in [-0.2, -0.15) is 0 Å². The molecule has 86 valence electrons. The van der Waals surface area contributed by atoms with Gasteiger partial charge in [-0.05, 0) is 5.92 Å². The van der Waals surface area contributed by atoms with Gasteiger partial charge in [0.1, 0.15) is 12.1 Å². The fourth-order valence-electron chi connectivity index (χ4n) is 1.88. The Morgan fingerprint density at radius 1 is 1.50 bits per heavy atom. The first-order chi connectivity index (χ1) is 7.78. The van der Waals surface area contributed by atoms with E-state index < -0.39 is 0 Å². The molecule has 1 aromatic heterocycles. The number of hydrogen-bond donors (Lipinski definition) is 0. The lowest BCUT2D eigenvalue weighted by Gasteiger charge is -2.24. The predicted octanol–water partition coefficient (Wildman–Crippen LogP) is 1.79. The van der Waals surface area contributed by atoms with Gasteiger partial charge in [0.15, 0.2) is 0 Å². The van der Waals surface area contributed by atoms with E-state index in [-0.39, 0.29) is 5.78 Å². The Labute approximate surface area is 95.1 Å². The van der Waals surface area contributed by atoms with Gasteiger partial charge in [0.2, 0.25) is 5.88 Å². The Balaban J connectivity index is 1.89. The summed E-state index contributed by atoms with van der Waals surface area (Å²) < 4.78 is 4.99. The molecule has 1 aromatic rings. The van der Waals surface area contributed by atoms with Crippen molar-refractivity contribution in [2.45, 2.75) is 32.1 Å². The van der Waals surface area contributed by atoms with E-state index >= 15 is 0 Å². The summed E-state index contributed by atoms with van der Waals surface area (Å²) in [5, 5.41) is 0. The molecule has 4 heteroatoms. The molecule has 4 nitrogen and oxygen atoms in total. The van der Waals surface area contributed by atoms with Gasteiger partial charge < -0.3 is 4.74 Å². The maximum atomic E-state index is 11.7. The van der Waals surface area contributed by atoms with E-state index in [1.165, 1.54) is 25.6 Å². The second-order valence-corrected chi connectivity index (χ2v) is 4.27. The number of methoxy groups -OCH3 is 1. The first-order valence-electron chi connectivity index (χ1n) is 5.64. The highest BCUT2D eigenvalue weighted by molar-refractivity contribution is 5.80. The molecule has 0 atom stereocenters. The molecule has 1 heterocycles. The minimum atomic E-state index is 0.269. The highest BCUT2D eigenvalue weighted by Gasteiger charge is 2.20. The number of carbonyl (C=O) groups excluding carboxylic acids is 1. The molecule has 0 amide bonds. The average Bonchev–Trinajstić information content (AvgIpc) is 2.24. The Morgan fingerprint density at radius 3 is 2.94 bits per heavy atom. The van der Waals surface area contributed by atoms with Crippen LogP contribution in [0.1, 0.15) is 31.4 Å². The Hall–Kier alpha value is -1.45. The zero-order valence-corrected chi connectivity index (χ0v) is 9.48. The second-order valence-electron chi connectivity index (χ2n) is 4.27. The predicted molar refractivity (Wildman–Crippen MR) is 59.3 cm³/mol. The smallest absolute Gasteiger partial charge is 0.216 e. The highest BCUT2D eigenvalue weighted by atomic mass is 16.5. The Kier molecular flexibility index (Phi) is 3.49. The van der Waals surface area contributed by atoms with Crippen LogP contribution in [0.2, 0.25) is 0 Å². The summed E-state index contributed by atoms with van der Waals surface area (Å²) in [6.45, 7) is 0. The normalized spacial score (nSPS) is 15.6. The van der Waals surface area contributed by atoms with Crippen LogP contribution < -0.4 is 4.74 Å². The van der Waals surface area contributed by atoms with Crippen LogP contribution in [0.25, 0.3) is 0 Å². The molecule has 0 spiro atoms. The zero-order chi connectivity index (χ0) is 11.4. The van der Waals surface area contributed by atoms with E-state index in [2.05, 4.69) is 9.97 Å². The van der Waals surface area contributed by atoms with Gasteiger partial charge in [-0.1, -0.05) is 19.3 Å². The summed E-state index contributed by atoms with van der Waals surface area (Å²) in [5.41, 5.74) is 0.746. The molecule has 0 aromatic carbocycles. The van der Waals surface area contributed by atoms with Crippen LogP contribution in [0.5, 0.6) is 5.88 Å². The van der Waals surface area contributed by atoms with Crippen molar-refractivity contribution in [3.63, 3.8) is 0 Å². The molecule has 1 saturated carbocycles. The lowest BCUT2D eigenvalue weighted by atomic mass is 9.81. The molecule has 1 aliphatic carbocycles. The minimum absolute atomic E-state index is 0.269. The van der Waals surface area contributed by atoms with Gasteiger partial charge in [-0.3, -0.25) is 4.79 Å². The second kappa shape index (κ2) is 5.05. The number of Topliss-reactive ketones (excluding diaryl/α,β-unsaturated/α-hetero) is 1. The molecule has 0 saturated heterocycles. The van der Waals surface area contributed by atoms with Crippen molar-refractivity contribution in [1.29, 1.82) is 0 Å². The summed E-state index contributed by atoms with van der Waals surface area (Å²) in [4.78, 5) is 19.7. The molecule has 2 rings (SSSR count). The molecule has 0 N–H and O–H groups in total. The van der Waals surface area contributed by atoms with Gasteiger partial charge in [0, 0.05) is 18.9 Å². The van der Waals surface area contributed by atoms with Crippen LogP contribution in [-0.4, -0.2) is 22.9 Å². The maximum absolute atomic E-state index is 11.7. The third kappa shape index (κ3) is 2.78. The molecule has 16 heavy (non-hydrogen) atoms. The van der Waals surface area contributed by atoms with E-state index in [1.807, 2.05) is 0 Å². The minimum Gasteiger partial charge on any atom is -0.481 e. The van der Waals surface area contributed by atoms with Crippen molar-refractivity contribution in [2.75, 3.05) is 7.11 Å². The van der Waals surface area contributed by atoms with E-state index in [0.717, 1.165) is 5.69 Å². The van der Waals surface area contributed by atoms with Gasteiger partial charge in [0.25, 0.3) is 0 Å². The average molecular weight is 220 g/mol. The van der Waals surface area contributed by atoms with Crippen LogP contribution in [0.4, 0.5) is 0 Å². The first-order valence-corrected chi connectivity index (χ1v) is 5.64. The Morgan fingerprint density at radius 2 is 2.31 bits per heavy atom. The first kappa shape index (κ1) is 11.0. The molecular weight excluding hydrogens is 204 g/mol. The van der Waals surface area contributed by atoms with Crippen LogP contribution >= 0.6 is 0 Å². The number of hydrogen-bond acceptors (Lipinski definition) is 4. The number of rotatable bonds is 5. The lowest BCUT2D eigenvalue weighted by molar-refractivity contribution is -0.119. The lowest BCUT2D eigenvalue weighted by Crippen LogP contribution is -2.17. The fraction of sp³-hybridized carbons (Fsp3) is 0.583. The highest BCUT2D eigenvalue weighted by Crippen LogP contribution is 2.29. The van der Waals surface area contributed by atoms with Crippen LogP contribution in [0, 0.1) is 5.92 Å². The summed E-state index contributed by atoms with van der Waals surface area (Å²) in [6, 6.07) is 1.72. The summed E-state index contributed by atoms with van der Waals surface area (Å²) in [5.74, 6) is 1.41. The maximum Gasteiger partial charge on any atom is 0.216 e. The van der Waals surface area contributed by atoms with Crippen LogP contribution in [-0.2, 0) is 11.2 Å². The van der Waals surface area contributed by atoms with Gasteiger partial charge in [-0.15, -0.1) is 0 Å². The molecule has 0 bridgehead atoms. The van der Waals surface area contributed by atoms with Crippen molar-refractivity contribution in [3.05, 3.63) is 18.1 Å². The summed E-state index contributed by atoms with van der Waals surface area (Å²) in [7, 11) is 1.56. The largest absolute Gasteiger partial charge is 0.481 e. The van der Waals surface area contributed by atoms with Gasteiger partial charge >= 0.3 is 0 Å². The van der Waals surface area contributed by atoms with E-state index in [1.54, 1.807) is 13.2 Å². The van der Waals surface area contributed by atoms with E-state index in [4.69, 9.17) is 4.74 Å². The third-order valence-corrected chi connectivity index (χ3v) is 3.03. The molecule has 1 fully saturated rings. The standard InChI is InChI=1S/C12H16N2O2/c1-16-12-7-10(13-8-14-12)6-11(15)5-9-3-2-4-9/h7-9H,2-6H2,1H3. The number of carbonyl (C=O) groups is 1. The number of aromatic nitrogens is 2. The summed E-state index contributed by atoms with van der Waals surface area (Å²) in [6.07, 6.45) is 6.23. The summed E-state index contributed by atoms with van der Waals surface area (Å²) >= 11 is 0. The molecule has 0 unspecified atom stereocenters. The van der Waals surface area contributed by atoms with Crippen LogP contribution in [0.15, 0.2) is 12.4 Å². The van der Waals surface area contributed by atoms with Crippen molar-refractivity contribution in [2.24, 2.45) is 5.92 Å². The van der Waals surface area contributed by atoms with Crippen molar-refractivity contribution in [1.82, 2.24) is 9.97 Å².